The summed E-state index contributed by atoms with van der Waals surface area (Å²) in [4.78, 5) is 4.07. The number of nitriles is 1. The molecule has 1 heterocycles. The molecule has 4 heteroatoms. The maximum absolute atomic E-state index is 9.43. The summed E-state index contributed by atoms with van der Waals surface area (Å²) < 4.78 is 8.27. The molecule has 25 heavy (non-hydrogen) atoms. The van der Waals surface area contributed by atoms with E-state index in [1.54, 1.807) is 12.5 Å². The highest BCUT2D eigenvalue weighted by Crippen LogP contribution is 2.29. The van der Waals surface area contributed by atoms with Crippen molar-refractivity contribution in [3.63, 3.8) is 0 Å². The molecule has 0 amide bonds. The maximum Gasteiger partial charge on any atom is 0.138 e. The predicted octanol–water partition coefficient (Wildman–Crippen LogP) is 4.72. The number of hydrogen-bond acceptors (Lipinski definition) is 3. The lowest BCUT2D eigenvalue weighted by Crippen LogP contribution is -2.09. The molecule has 0 N–H and O–H groups in total. The van der Waals surface area contributed by atoms with E-state index in [9.17, 15) is 5.26 Å². The number of aromatic nitrogens is 2. The first-order valence-electron chi connectivity index (χ1n) is 8.50. The Balaban J connectivity index is 1.87. The van der Waals surface area contributed by atoms with Gasteiger partial charge in [0, 0.05) is 18.9 Å². The lowest BCUT2D eigenvalue weighted by Gasteiger charge is -2.20. The summed E-state index contributed by atoms with van der Waals surface area (Å²) in [5.41, 5.74) is 2.77. The largest absolute Gasteiger partial charge is 0.484 e. The third kappa shape index (κ3) is 4.27. The van der Waals surface area contributed by atoms with Crippen LogP contribution < -0.4 is 4.74 Å². The zero-order valence-electron chi connectivity index (χ0n) is 14.3. The van der Waals surface area contributed by atoms with Crippen LogP contribution in [0.4, 0.5) is 0 Å². The zero-order chi connectivity index (χ0) is 17.5. The minimum atomic E-state index is -0.0539. The first-order valence-corrected chi connectivity index (χ1v) is 8.50. The van der Waals surface area contributed by atoms with E-state index < -0.39 is 0 Å². The SMILES string of the molecule is CCCC(Oc1cc(Cn2ccnc2)ccc1C#N)c1ccccc1. The van der Waals surface area contributed by atoms with Crippen molar-refractivity contribution in [2.24, 2.45) is 0 Å². The van der Waals surface area contributed by atoms with Crippen LogP contribution in [0, 0.1) is 11.3 Å². The summed E-state index contributed by atoms with van der Waals surface area (Å²) in [7, 11) is 0. The van der Waals surface area contributed by atoms with E-state index in [4.69, 9.17) is 4.74 Å². The molecule has 0 aliphatic rings. The van der Waals surface area contributed by atoms with Crippen molar-refractivity contribution < 1.29 is 4.74 Å². The van der Waals surface area contributed by atoms with Crippen LogP contribution in [0.3, 0.4) is 0 Å². The number of hydrogen-bond donors (Lipinski definition) is 0. The number of imidazole rings is 1. The van der Waals surface area contributed by atoms with Gasteiger partial charge in [-0.05, 0) is 29.7 Å². The van der Waals surface area contributed by atoms with Crippen molar-refractivity contribution in [3.8, 4) is 11.8 Å². The quantitative estimate of drug-likeness (QED) is 0.629. The van der Waals surface area contributed by atoms with Gasteiger partial charge < -0.3 is 9.30 Å². The van der Waals surface area contributed by atoms with Gasteiger partial charge in [-0.25, -0.2) is 4.98 Å². The van der Waals surface area contributed by atoms with Gasteiger partial charge in [0.05, 0.1) is 11.9 Å². The molecular formula is C21H21N3O. The smallest absolute Gasteiger partial charge is 0.138 e. The second-order valence-electron chi connectivity index (χ2n) is 5.98. The maximum atomic E-state index is 9.43. The molecule has 3 rings (SSSR count). The second-order valence-corrected chi connectivity index (χ2v) is 5.98. The van der Waals surface area contributed by atoms with Crippen LogP contribution in [0.5, 0.6) is 5.75 Å². The van der Waals surface area contributed by atoms with Gasteiger partial charge in [0.25, 0.3) is 0 Å². The molecule has 0 radical (unpaired) electrons. The average Bonchev–Trinajstić information content (AvgIpc) is 3.15. The minimum absolute atomic E-state index is 0.0539. The Morgan fingerprint density at radius 3 is 2.72 bits per heavy atom. The van der Waals surface area contributed by atoms with Gasteiger partial charge in [0.1, 0.15) is 17.9 Å². The van der Waals surface area contributed by atoms with Gasteiger partial charge in [-0.2, -0.15) is 5.26 Å². The molecule has 0 bridgehead atoms. The zero-order valence-corrected chi connectivity index (χ0v) is 14.3. The van der Waals surface area contributed by atoms with Crippen LogP contribution in [0.1, 0.15) is 42.6 Å². The molecular weight excluding hydrogens is 310 g/mol. The number of benzene rings is 2. The van der Waals surface area contributed by atoms with Gasteiger partial charge in [-0.3, -0.25) is 0 Å². The monoisotopic (exact) mass is 331 g/mol. The Kier molecular flexibility index (Phi) is 5.48. The summed E-state index contributed by atoms with van der Waals surface area (Å²) in [5.74, 6) is 0.641. The molecule has 0 saturated heterocycles. The second kappa shape index (κ2) is 8.16. The first-order chi connectivity index (χ1) is 12.3. The fraction of sp³-hybridized carbons (Fsp3) is 0.238. The van der Waals surface area contributed by atoms with Crippen LogP contribution in [0.25, 0.3) is 0 Å². The van der Waals surface area contributed by atoms with Crippen molar-refractivity contribution in [3.05, 3.63) is 83.9 Å². The van der Waals surface area contributed by atoms with Crippen LogP contribution >= 0.6 is 0 Å². The standard InChI is InChI=1S/C21H21N3O/c1-2-6-20(18-7-4-3-5-8-18)25-21-13-17(9-10-19(21)14-22)15-24-12-11-23-16-24/h3-5,7-13,16,20H,2,6,15H2,1H3. The van der Waals surface area contributed by atoms with E-state index >= 15 is 0 Å². The molecule has 4 nitrogen and oxygen atoms in total. The fourth-order valence-corrected chi connectivity index (χ4v) is 2.82. The Labute approximate surface area is 148 Å². The number of ether oxygens (including phenoxy) is 1. The fourth-order valence-electron chi connectivity index (χ4n) is 2.82. The molecule has 1 atom stereocenters. The summed E-state index contributed by atoms with van der Waals surface area (Å²) >= 11 is 0. The highest BCUT2D eigenvalue weighted by atomic mass is 16.5. The first kappa shape index (κ1) is 16.8. The lowest BCUT2D eigenvalue weighted by molar-refractivity contribution is 0.193. The average molecular weight is 331 g/mol. The van der Waals surface area contributed by atoms with Crippen LogP contribution in [0.15, 0.2) is 67.3 Å². The van der Waals surface area contributed by atoms with E-state index in [0.717, 1.165) is 24.0 Å². The van der Waals surface area contributed by atoms with Crippen molar-refractivity contribution in [2.45, 2.75) is 32.4 Å². The van der Waals surface area contributed by atoms with Crippen molar-refractivity contribution in [1.29, 1.82) is 5.26 Å². The molecule has 1 aromatic heterocycles. The highest BCUT2D eigenvalue weighted by molar-refractivity contribution is 5.45. The number of rotatable bonds is 7. The van der Waals surface area contributed by atoms with E-state index in [1.807, 2.05) is 47.2 Å². The topological polar surface area (TPSA) is 50.8 Å². The molecule has 126 valence electrons. The van der Waals surface area contributed by atoms with E-state index in [2.05, 4.69) is 30.1 Å². The Bertz CT molecular complexity index is 835. The Morgan fingerprint density at radius 1 is 1.20 bits per heavy atom. The van der Waals surface area contributed by atoms with Crippen molar-refractivity contribution in [2.75, 3.05) is 0 Å². The summed E-state index contributed by atoms with van der Waals surface area (Å²) in [6, 6.07) is 18.2. The van der Waals surface area contributed by atoms with Crippen molar-refractivity contribution in [1.82, 2.24) is 9.55 Å². The molecule has 0 aliphatic heterocycles. The summed E-state index contributed by atoms with van der Waals surface area (Å²) in [6.07, 6.45) is 7.32. The molecule has 0 fully saturated rings. The third-order valence-electron chi connectivity index (χ3n) is 4.08. The Morgan fingerprint density at radius 2 is 2.04 bits per heavy atom. The van der Waals surface area contributed by atoms with Crippen molar-refractivity contribution >= 4 is 0 Å². The van der Waals surface area contributed by atoms with E-state index in [0.29, 0.717) is 17.9 Å². The number of nitrogens with zero attached hydrogens (tertiary/aromatic N) is 3. The van der Waals surface area contributed by atoms with Gasteiger partial charge in [0.15, 0.2) is 0 Å². The molecule has 1 unspecified atom stereocenters. The lowest BCUT2D eigenvalue weighted by atomic mass is 10.0. The molecule has 3 aromatic rings. The van der Waals surface area contributed by atoms with Gasteiger partial charge in [0.2, 0.25) is 0 Å². The summed E-state index contributed by atoms with van der Waals surface area (Å²) in [6.45, 7) is 2.84. The van der Waals surface area contributed by atoms with E-state index in [1.165, 1.54) is 0 Å². The Hall–Kier alpha value is -3.06. The minimum Gasteiger partial charge on any atom is -0.484 e. The normalized spacial score (nSPS) is 11.7. The molecule has 2 aromatic carbocycles. The molecule has 0 saturated carbocycles. The van der Waals surface area contributed by atoms with Gasteiger partial charge >= 0.3 is 0 Å². The molecule has 0 spiro atoms. The summed E-state index contributed by atoms with van der Waals surface area (Å²) in [5, 5.41) is 9.43. The van der Waals surface area contributed by atoms with E-state index in [-0.39, 0.29) is 6.10 Å². The predicted molar refractivity (Wildman–Crippen MR) is 97.2 cm³/mol. The van der Waals surface area contributed by atoms with Gasteiger partial charge in [-0.1, -0.05) is 49.7 Å². The molecule has 0 aliphatic carbocycles. The third-order valence-corrected chi connectivity index (χ3v) is 4.08. The highest BCUT2D eigenvalue weighted by Gasteiger charge is 2.15. The van der Waals surface area contributed by atoms with Crippen LogP contribution in [-0.4, -0.2) is 9.55 Å². The van der Waals surface area contributed by atoms with Crippen LogP contribution in [-0.2, 0) is 6.54 Å². The van der Waals surface area contributed by atoms with Gasteiger partial charge in [-0.15, -0.1) is 0 Å². The van der Waals surface area contributed by atoms with Crippen LogP contribution in [0.2, 0.25) is 0 Å².